The Morgan fingerprint density at radius 3 is 2.75 bits per heavy atom. The van der Waals surface area contributed by atoms with Gasteiger partial charge < -0.3 is 19.5 Å². The maximum atomic E-state index is 9.38. The Hall–Kier alpha value is -3.25. The van der Waals surface area contributed by atoms with Crippen LogP contribution < -0.4 is 10.1 Å². The summed E-state index contributed by atoms with van der Waals surface area (Å²) in [5.74, 6) is 1.36. The van der Waals surface area contributed by atoms with Crippen LogP contribution in [0.1, 0.15) is 38.2 Å². The standard InChI is InChI=1S/C28H33N5O3/c1-2-34-19-36-26-16-20(17-29)9-10-25(26)27-23-7-3-4-8-24(23)28(32-31-27)30-21-6-5-13-33(18-21)22-11-14-35-15-12-22/h3-4,7-10,16,21-22H,2,5-6,11-15,18-19H2,1H3,(H,30,32). The van der Waals surface area contributed by atoms with Gasteiger partial charge in [0.1, 0.15) is 11.4 Å². The lowest BCUT2D eigenvalue weighted by Gasteiger charge is -2.40. The van der Waals surface area contributed by atoms with Crippen LogP contribution in [0, 0.1) is 11.3 Å². The summed E-state index contributed by atoms with van der Waals surface area (Å²) in [5.41, 5.74) is 2.03. The molecule has 1 atom stereocenters. The van der Waals surface area contributed by atoms with Crippen LogP contribution in [-0.2, 0) is 9.47 Å². The summed E-state index contributed by atoms with van der Waals surface area (Å²) in [7, 11) is 0. The molecule has 0 radical (unpaired) electrons. The smallest absolute Gasteiger partial charge is 0.189 e. The Balaban J connectivity index is 1.42. The first kappa shape index (κ1) is 24.4. The number of anilines is 1. The lowest BCUT2D eigenvalue weighted by atomic mass is 9.99. The molecule has 8 heteroatoms. The molecule has 36 heavy (non-hydrogen) atoms. The predicted octanol–water partition coefficient (Wildman–Crippen LogP) is 4.60. The third kappa shape index (κ3) is 5.44. The van der Waals surface area contributed by atoms with E-state index in [1.165, 1.54) is 6.42 Å². The molecular weight excluding hydrogens is 454 g/mol. The van der Waals surface area contributed by atoms with E-state index in [0.29, 0.717) is 30.0 Å². The minimum Gasteiger partial charge on any atom is -0.467 e. The van der Waals surface area contributed by atoms with Crippen molar-refractivity contribution in [3.05, 3.63) is 48.0 Å². The summed E-state index contributed by atoms with van der Waals surface area (Å²) in [5, 5.41) is 24.4. The highest BCUT2D eigenvalue weighted by Crippen LogP contribution is 2.36. The molecule has 2 saturated heterocycles. The molecule has 188 valence electrons. The van der Waals surface area contributed by atoms with E-state index >= 15 is 0 Å². The molecule has 1 unspecified atom stereocenters. The van der Waals surface area contributed by atoms with E-state index < -0.39 is 0 Å². The molecule has 5 rings (SSSR count). The van der Waals surface area contributed by atoms with E-state index in [0.717, 1.165) is 73.4 Å². The molecule has 8 nitrogen and oxygen atoms in total. The molecule has 2 aliphatic heterocycles. The zero-order chi connectivity index (χ0) is 24.7. The first-order valence-electron chi connectivity index (χ1n) is 12.9. The quantitative estimate of drug-likeness (QED) is 0.364. The highest BCUT2D eigenvalue weighted by Gasteiger charge is 2.28. The van der Waals surface area contributed by atoms with E-state index in [9.17, 15) is 5.26 Å². The van der Waals surface area contributed by atoms with Gasteiger partial charge in [-0.2, -0.15) is 5.26 Å². The average Bonchev–Trinajstić information content (AvgIpc) is 2.94. The summed E-state index contributed by atoms with van der Waals surface area (Å²) >= 11 is 0. The number of nitrogens with zero attached hydrogens (tertiary/aromatic N) is 4. The number of fused-ring (bicyclic) bond motifs is 1. The Bertz CT molecular complexity index is 1220. The first-order chi connectivity index (χ1) is 17.8. The van der Waals surface area contributed by atoms with Crippen LogP contribution in [0.4, 0.5) is 5.82 Å². The summed E-state index contributed by atoms with van der Waals surface area (Å²) in [6, 6.07) is 16.7. The number of nitrogens with one attached hydrogen (secondary N) is 1. The fourth-order valence-electron chi connectivity index (χ4n) is 5.20. The van der Waals surface area contributed by atoms with Gasteiger partial charge in [-0.3, -0.25) is 4.90 Å². The van der Waals surface area contributed by atoms with E-state index in [4.69, 9.17) is 14.2 Å². The van der Waals surface area contributed by atoms with Crippen LogP contribution in [0.15, 0.2) is 42.5 Å². The van der Waals surface area contributed by atoms with Gasteiger partial charge in [-0.25, -0.2) is 0 Å². The van der Waals surface area contributed by atoms with Gasteiger partial charge in [0, 0.05) is 54.8 Å². The lowest BCUT2D eigenvalue weighted by molar-refractivity contribution is 0.0227. The SMILES string of the molecule is CCOCOc1cc(C#N)ccc1-c1nnc(NC2CCCN(C3CCOCC3)C2)c2ccccc12. The number of piperidine rings is 1. The molecule has 0 bridgehead atoms. The Morgan fingerprint density at radius 2 is 1.94 bits per heavy atom. The number of benzene rings is 2. The van der Waals surface area contributed by atoms with Gasteiger partial charge in [0.05, 0.1) is 11.6 Å². The van der Waals surface area contributed by atoms with Gasteiger partial charge in [0.15, 0.2) is 12.6 Å². The second kappa shape index (κ2) is 11.7. The molecule has 3 aromatic rings. The molecule has 0 aliphatic carbocycles. The number of rotatable bonds is 8. The van der Waals surface area contributed by atoms with Crippen LogP contribution in [0.25, 0.3) is 22.0 Å². The fourth-order valence-corrected chi connectivity index (χ4v) is 5.20. The number of likely N-dealkylation sites (tertiary alicyclic amines) is 1. The molecule has 2 aliphatic rings. The van der Waals surface area contributed by atoms with E-state index in [1.54, 1.807) is 12.1 Å². The number of hydrogen-bond donors (Lipinski definition) is 1. The minimum absolute atomic E-state index is 0.106. The van der Waals surface area contributed by atoms with Gasteiger partial charge in [-0.05, 0) is 57.4 Å². The molecule has 2 fully saturated rings. The molecule has 2 aromatic carbocycles. The average molecular weight is 488 g/mol. The molecule has 1 aromatic heterocycles. The van der Waals surface area contributed by atoms with Crippen molar-refractivity contribution in [1.82, 2.24) is 15.1 Å². The zero-order valence-corrected chi connectivity index (χ0v) is 20.8. The van der Waals surface area contributed by atoms with Crippen molar-refractivity contribution in [1.29, 1.82) is 5.26 Å². The Morgan fingerprint density at radius 1 is 1.11 bits per heavy atom. The van der Waals surface area contributed by atoms with Gasteiger partial charge in [0.25, 0.3) is 0 Å². The maximum Gasteiger partial charge on any atom is 0.189 e. The lowest BCUT2D eigenvalue weighted by Crippen LogP contribution is -2.48. The van der Waals surface area contributed by atoms with Gasteiger partial charge in [-0.1, -0.05) is 24.3 Å². The molecular formula is C28H33N5O3. The highest BCUT2D eigenvalue weighted by molar-refractivity contribution is 6.01. The van der Waals surface area contributed by atoms with Crippen LogP contribution >= 0.6 is 0 Å². The Labute approximate surface area is 212 Å². The van der Waals surface area contributed by atoms with Crippen molar-refractivity contribution >= 4 is 16.6 Å². The number of nitriles is 1. The third-order valence-corrected chi connectivity index (χ3v) is 7.06. The number of ether oxygens (including phenoxy) is 3. The summed E-state index contributed by atoms with van der Waals surface area (Å²) in [6.45, 7) is 6.45. The van der Waals surface area contributed by atoms with Crippen molar-refractivity contribution in [3.8, 4) is 23.1 Å². The van der Waals surface area contributed by atoms with Crippen LogP contribution in [0.3, 0.4) is 0 Å². The van der Waals surface area contributed by atoms with Crippen molar-refractivity contribution in [2.24, 2.45) is 0 Å². The van der Waals surface area contributed by atoms with Gasteiger partial charge in [-0.15, -0.1) is 10.2 Å². The monoisotopic (exact) mass is 487 g/mol. The minimum atomic E-state index is 0.106. The van der Waals surface area contributed by atoms with Crippen LogP contribution in [-0.4, -0.2) is 66.9 Å². The van der Waals surface area contributed by atoms with Gasteiger partial charge >= 0.3 is 0 Å². The van der Waals surface area contributed by atoms with Crippen molar-refractivity contribution < 1.29 is 14.2 Å². The predicted molar refractivity (Wildman–Crippen MR) is 139 cm³/mol. The summed E-state index contributed by atoms with van der Waals surface area (Å²) in [4.78, 5) is 2.62. The first-order valence-corrected chi connectivity index (χ1v) is 12.9. The van der Waals surface area contributed by atoms with Crippen LogP contribution in [0.2, 0.25) is 0 Å². The van der Waals surface area contributed by atoms with E-state index in [2.05, 4.69) is 38.6 Å². The van der Waals surface area contributed by atoms with Gasteiger partial charge in [0.2, 0.25) is 0 Å². The Kier molecular flexibility index (Phi) is 7.91. The maximum absolute atomic E-state index is 9.38. The van der Waals surface area contributed by atoms with E-state index in [-0.39, 0.29) is 6.79 Å². The van der Waals surface area contributed by atoms with Crippen molar-refractivity contribution in [2.45, 2.75) is 44.7 Å². The normalized spacial score (nSPS) is 19.2. The fraction of sp³-hybridized carbons (Fsp3) is 0.464. The molecule has 0 saturated carbocycles. The summed E-state index contributed by atoms with van der Waals surface area (Å²) < 4.78 is 16.8. The molecule has 3 heterocycles. The highest BCUT2D eigenvalue weighted by atomic mass is 16.7. The molecule has 0 amide bonds. The largest absolute Gasteiger partial charge is 0.467 e. The summed E-state index contributed by atoms with van der Waals surface area (Å²) in [6.07, 6.45) is 4.51. The molecule has 1 N–H and O–H groups in total. The zero-order valence-electron chi connectivity index (χ0n) is 20.8. The van der Waals surface area contributed by atoms with Crippen molar-refractivity contribution in [2.75, 3.05) is 45.0 Å². The topological polar surface area (TPSA) is 92.5 Å². The second-order valence-corrected chi connectivity index (χ2v) is 9.34. The van der Waals surface area contributed by atoms with Crippen molar-refractivity contribution in [3.63, 3.8) is 0 Å². The second-order valence-electron chi connectivity index (χ2n) is 9.34. The third-order valence-electron chi connectivity index (χ3n) is 7.06. The number of aromatic nitrogens is 2. The molecule has 0 spiro atoms. The number of hydrogen-bond acceptors (Lipinski definition) is 8. The van der Waals surface area contributed by atoms with E-state index in [1.807, 2.05) is 25.1 Å². The van der Waals surface area contributed by atoms with Crippen LogP contribution in [0.5, 0.6) is 5.75 Å².